The maximum atomic E-state index is 12.2. The lowest BCUT2D eigenvalue weighted by molar-refractivity contribution is -0.135. The van der Waals surface area contributed by atoms with Crippen LogP contribution in [0.4, 0.5) is 0 Å². The van der Waals surface area contributed by atoms with Crippen molar-refractivity contribution in [3.63, 3.8) is 0 Å². The van der Waals surface area contributed by atoms with Crippen LogP contribution in [0.25, 0.3) is 0 Å². The second kappa shape index (κ2) is 6.24. The van der Waals surface area contributed by atoms with Crippen LogP contribution in [-0.4, -0.2) is 30.4 Å². The van der Waals surface area contributed by atoms with E-state index in [2.05, 4.69) is 20.8 Å². The van der Waals surface area contributed by atoms with Crippen molar-refractivity contribution in [2.45, 2.75) is 40.0 Å². The highest BCUT2D eigenvalue weighted by Crippen LogP contribution is 2.23. The Hall–Kier alpha value is -0.570. The van der Waals surface area contributed by atoms with Gasteiger partial charge in [0, 0.05) is 19.6 Å². The molecule has 1 aliphatic heterocycles. The van der Waals surface area contributed by atoms with Crippen molar-refractivity contribution in [1.82, 2.24) is 4.90 Å². The van der Waals surface area contributed by atoms with E-state index in [1.165, 1.54) is 19.3 Å². The zero-order valence-corrected chi connectivity index (χ0v) is 10.9. The first-order chi connectivity index (χ1) is 7.60. The fourth-order valence-corrected chi connectivity index (χ4v) is 2.57. The maximum Gasteiger partial charge on any atom is 0.227 e. The molecule has 0 radical (unpaired) electrons. The van der Waals surface area contributed by atoms with Crippen molar-refractivity contribution >= 4 is 5.91 Å². The fourth-order valence-electron chi connectivity index (χ4n) is 2.57. The highest BCUT2D eigenvalue weighted by Gasteiger charge is 2.30. The maximum absolute atomic E-state index is 12.2. The molecule has 3 nitrogen and oxygen atoms in total. The van der Waals surface area contributed by atoms with Gasteiger partial charge in [-0.25, -0.2) is 0 Å². The third-order valence-electron chi connectivity index (χ3n) is 3.67. The molecule has 2 N–H and O–H groups in total. The van der Waals surface area contributed by atoms with Gasteiger partial charge in [0.05, 0.1) is 5.92 Å². The molecule has 16 heavy (non-hydrogen) atoms. The summed E-state index contributed by atoms with van der Waals surface area (Å²) in [7, 11) is 0. The first kappa shape index (κ1) is 13.5. The summed E-state index contributed by atoms with van der Waals surface area (Å²) in [5, 5.41) is 0. The van der Waals surface area contributed by atoms with Gasteiger partial charge in [-0.2, -0.15) is 0 Å². The van der Waals surface area contributed by atoms with Crippen molar-refractivity contribution in [3.8, 4) is 0 Å². The molecule has 0 aromatic rings. The summed E-state index contributed by atoms with van der Waals surface area (Å²) >= 11 is 0. The van der Waals surface area contributed by atoms with E-state index in [0.717, 1.165) is 19.0 Å². The van der Waals surface area contributed by atoms with Crippen LogP contribution in [0.3, 0.4) is 0 Å². The van der Waals surface area contributed by atoms with Gasteiger partial charge in [0.2, 0.25) is 5.91 Å². The number of hydrogen-bond acceptors (Lipinski definition) is 2. The highest BCUT2D eigenvalue weighted by atomic mass is 16.2. The van der Waals surface area contributed by atoms with Gasteiger partial charge in [-0.15, -0.1) is 0 Å². The topological polar surface area (TPSA) is 46.3 Å². The Morgan fingerprint density at radius 1 is 1.50 bits per heavy atom. The largest absolute Gasteiger partial charge is 0.342 e. The van der Waals surface area contributed by atoms with E-state index in [1.807, 2.05) is 4.90 Å². The molecule has 0 aromatic heterocycles. The Morgan fingerprint density at radius 3 is 2.69 bits per heavy atom. The molecule has 1 fully saturated rings. The van der Waals surface area contributed by atoms with E-state index in [-0.39, 0.29) is 11.8 Å². The fraction of sp³-hybridized carbons (Fsp3) is 0.923. The molecule has 0 bridgehead atoms. The van der Waals surface area contributed by atoms with Gasteiger partial charge < -0.3 is 10.6 Å². The van der Waals surface area contributed by atoms with Gasteiger partial charge in [0.25, 0.3) is 0 Å². The van der Waals surface area contributed by atoms with Crippen LogP contribution in [0.15, 0.2) is 0 Å². The summed E-state index contributed by atoms with van der Waals surface area (Å²) in [4.78, 5) is 14.2. The van der Waals surface area contributed by atoms with Crippen molar-refractivity contribution in [1.29, 1.82) is 0 Å². The van der Waals surface area contributed by atoms with E-state index in [1.54, 1.807) is 0 Å². The summed E-state index contributed by atoms with van der Waals surface area (Å²) in [6.45, 7) is 8.74. The highest BCUT2D eigenvalue weighted by molar-refractivity contribution is 5.79. The van der Waals surface area contributed by atoms with Crippen LogP contribution >= 0.6 is 0 Å². The monoisotopic (exact) mass is 226 g/mol. The number of amides is 1. The Bertz CT molecular complexity index is 228. The number of nitrogens with zero attached hydrogens (tertiary/aromatic N) is 1. The number of nitrogens with two attached hydrogens (primary N) is 1. The summed E-state index contributed by atoms with van der Waals surface area (Å²) < 4.78 is 0. The summed E-state index contributed by atoms with van der Waals surface area (Å²) in [6, 6.07) is 0. The van der Waals surface area contributed by atoms with Gasteiger partial charge >= 0.3 is 0 Å². The molecule has 0 aliphatic carbocycles. The Kier molecular flexibility index (Phi) is 5.26. The lowest BCUT2D eigenvalue weighted by atomic mass is 9.94. The molecule has 1 heterocycles. The Balaban J connectivity index is 2.49. The SMILES string of the molecule is CCCC1CCN(C(=O)C(CN)C(C)C)C1. The normalized spacial score (nSPS) is 22.8. The first-order valence-corrected chi connectivity index (χ1v) is 6.59. The minimum atomic E-state index is 0.0142. The Morgan fingerprint density at radius 2 is 2.19 bits per heavy atom. The first-order valence-electron chi connectivity index (χ1n) is 6.59. The third-order valence-corrected chi connectivity index (χ3v) is 3.67. The molecular weight excluding hydrogens is 200 g/mol. The van der Waals surface area contributed by atoms with Crippen molar-refractivity contribution in [2.75, 3.05) is 19.6 Å². The molecule has 2 atom stereocenters. The second-order valence-electron chi connectivity index (χ2n) is 5.31. The van der Waals surface area contributed by atoms with E-state index in [0.29, 0.717) is 12.5 Å². The van der Waals surface area contributed by atoms with Crippen LogP contribution in [0.2, 0.25) is 0 Å². The van der Waals surface area contributed by atoms with Crippen LogP contribution in [0.1, 0.15) is 40.0 Å². The van der Waals surface area contributed by atoms with E-state index in [4.69, 9.17) is 5.73 Å². The van der Waals surface area contributed by atoms with Gasteiger partial charge in [0.15, 0.2) is 0 Å². The summed E-state index contributed by atoms with van der Waals surface area (Å²) in [6.07, 6.45) is 3.64. The molecule has 3 heteroatoms. The van der Waals surface area contributed by atoms with Crippen molar-refractivity contribution in [3.05, 3.63) is 0 Å². The minimum absolute atomic E-state index is 0.0142. The number of carbonyl (C=O) groups excluding carboxylic acids is 1. The summed E-state index contributed by atoms with van der Waals surface area (Å²) in [5.74, 6) is 1.36. The van der Waals surface area contributed by atoms with Gasteiger partial charge in [-0.1, -0.05) is 27.2 Å². The van der Waals surface area contributed by atoms with Crippen LogP contribution in [0.5, 0.6) is 0 Å². The number of hydrogen-bond donors (Lipinski definition) is 1. The predicted octanol–water partition coefficient (Wildman–Crippen LogP) is 1.87. The number of likely N-dealkylation sites (tertiary alicyclic amines) is 1. The molecule has 1 aliphatic rings. The molecule has 1 saturated heterocycles. The molecule has 1 amide bonds. The average molecular weight is 226 g/mol. The lowest BCUT2D eigenvalue weighted by Gasteiger charge is -2.25. The summed E-state index contributed by atoms with van der Waals surface area (Å²) in [5.41, 5.74) is 5.69. The average Bonchev–Trinajstić information content (AvgIpc) is 2.67. The second-order valence-corrected chi connectivity index (χ2v) is 5.31. The zero-order valence-electron chi connectivity index (χ0n) is 10.9. The quantitative estimate of drug-likeness (QED) is 0.778. The minimum Gasteiger partial charge on any atom is -0.342 e. The van der Waals surface area contributed by atoms with E-state index in [9.17, 15) is 4.79 Å². The predicted molar refractivity (Wildman–Crippen MR) is 67.0 cm³/mol. The van der Waals surface area contributed by atoms with E-state index < -0.39 is 0 Å². The Labute approximate surface area is 99.4 Å². The molecule has 0 saturated carbocycles. The molecule has 0 aromatic carbocycles. The van der Waals surface area contributed by atoms with Crippen LogP contribution < -0.4 is 5.73 Å². The molecule has 94 valence electrons. The van der Waals surface area contributed by atoms with Crippen molar-refractivity contribution < 1.29 is 4.79 Å². The smallest absolute Gasteiger partial charge is 0.227 e. The molecule has 0 spiro atoms. The van der Waals surface area contributed by atoms with Gasteiger partial charge in [0.1, 0.15) is 0 Å². The van der Waals surface area contributed by atoms with E-state index >= 15 is 0 Å². The van der Waals surface area contributed by atoms with Crippen molar-refractivity contribution in [2.24, 2.45) is 23.5 Å². The number of carbonyl (C=O) groups is 1. The van der Waals surface area contributed by atoms with Crippen LogP contribution in [0, 0.1) is 17.8 Å². The van der Waals surface area contributed by atoms with Crippen LogP contribution in [-0.2, 0) is 4.79 Å². The third kappa shape index (κ3) is 3.21. The lowest BCUT2D eigenvalue weighted by Crippen LogP contribution is -2.40. The van der Waals surface area contributed by atoms with Gasteiger partial charge in [-0.05, 0) is 24.7 Å². The molecule has 2 unspecified atom stereocenters. The zero-order chi connectivity index (χ0) is 12.1. The molecule has 1 rings (SSSR count). The standard InChI is InChI=1S/C13H26N2O/c1-4-5-11-6-7-15(9-11)13(16)12(8-14)10(2)3/h10-12H,4-9,14H2,1-3H3. The van der Waals surface area contributed by atoms with Gasteiger partial charge in [-0.3, -0.25) is 4.79 Å². The number of rotatable bonds is 5. The molecular formula is C13H26N2O.